The molecule has 39 heavy (non-hydrogen) atoms. The van der Waals surface area contributed by atoms with Crippen molar-refractivity contribution in [1.82, 2.24) is 19.9 Å². The molecule has 5 aromatic rings. The zero-order valence-electron chi connectivity index (χ0n) is 22.1. The van der Waals surface area contributed by atoms with Gasteiger partial charge in [0.05, 0.1) is 17.8 Å². The van der Waals surface area contributed by atoms with E-state index in [1.54, 1.807) is 0 Å². The van der Waals surface area contributed by atoms with Crippen LogP contribution in [0.2, 0.25) is 0 Å². The van der Waals surface area contributed by atoms with Crippen LogP contribution in [0.1, 0.15) is 40.3 Å². The van der Waals surface area contributed by atoms with Gasteiger partial charge in [-0.2, -0.15) is 0 Å². The maximum absolute atomic E-state index is 6.03. The summed E-state index contributed by atoms with van der Waals surface area (Å²) >= 11 is 5.94. The van der Waals surface area contributed by atoms with Crippen molar-refractivity contribution in [3.05, 3.63) is 132 Å². The van der Waals surface area contributed by atoms with Gasteiger partial charge in [-0.3, -0.25) is 4.98 Å². The highest BCUT2D eigenvalue weighted by Gasteiger charge is 2.42. The Morgan fingerprint density at radius 3 is 2.26 bits per heavy atom. The van der Waals surface area contributed by atoms with E-state index < -0.39 is 0 Å². The molecule has 0 radical (unpaired) electrons. The fourth-order valence-corrected chi connectivity index (χ4v) is 5.68. The van der Waals surface area contributed by atoms with Gasteiger partial charge >= 0.3 is 0 Å². The Bertz CT molecular complexity index is 1620. The summed E-state index contributed by atoms with van der Waals surface area (Å²) in [7, 11) is 0. The molecule has 0 bridgehead atoms. The molecule has 2 atom stereocenters. The highest BCUT2D eigenvalue weighted by molar-refractivity contribution is 7.80. The first kappa shape index (κ1) is 24.8. The number of thiocarbonyl (C=S) groups is 1. The Morgan fingerprint density at radius 1 is 0.795 bits per heavy atom. The molecule has 0 spiro atoms. The Labute approximate surface area is 233 Å². The van der Waals surface area contributed by atoms with E-state index in [1.807, 2.05) is 73.1 Å². The van der Waals surface area contributed by atoms with E-state index in [-0.39, 0.29) is 12.1 Å². The van der Waals surface area contributed by atoms with Gasteiger partial charge in [0.15, 0.2) is 5.11 Å². The molecule has 3 aromatic heterocycles. The van der Waals surface area contributed by atoms with Crippen molar-refractivity contribution in [3.63, 3.8) is 0 Å². The number of aryl methyl sites for hydroxylation is 2. The summed E-state index contributed by atoms with van der Waals surface area (Å²) < 4.78 is 8.25. The summed E-state index contributed by atoms with van der Waals surface area (Å²) in [5.74, 6) is 2.48. The van der Waals surface area contributed by atoms with Crippen molar-refractivity contribution in [2.75, 3.05) is 4.90 Å². The second-order valence-electron chi connectivity index (χ2n) is 9.76. The fourth-order valence-electron chi connectivity index (χ4n) is 5.33. The molecule has 1 saturated heterocycles. The smallest absolute Gasteiger partial charge is 0.174 e. The van der Waals surface area contributed by atoms with Crippen LogP contribution < -0.4 is 15.0 Å². The number of hydrogen-bond acceptors (Lipinski definition) is 4. The number of benzene rings is 2. The molecule has 0 aliphatic carbocycles. The highest BCUT2D eigenvalue weighted by atomic mass is 32.1. The molecule has 6 nitrogen and oxygen atoms in total. The first-order valence-corrected chi connectivity index (χ1v) is 13.4. The Kier molecular flexibility index (Phi) is 6.59. The van der Waals surface area contributed by atoms with Gasteiger partial charge in [0, 0.05) is 29.5 Å². The number of aromatic nitrogens is 3. The van der Waals surface area contributed by atoms with Crippen molar-refractivity contribution in [3.8, 4) is 17.3 Å². The van der Waals surface area contributed by atoms with E-state index in [9.17, 15) is 0 Å². The molecular weight excluding hydrogens is 502 g/mol. The van der Waals surface area contributed by atoms with Gasteiger partial charge in [-0.15, -0.1) is 0 Å². The molecule has 4 heterocycles. The second-order valence-corrected chi connectivity index (χ2v) is 10.1. The normalized spacial score (nSPS) is 16.8. The molecule has 7 heteroatoms. The van der Waals surface area contributed by atoms with Gasteiger partial charge in [0.25, 0.3) is 0 Å². The Hall–Kier alpha value is -4.49. The molecule has 1 fully saturated rings. The number of nitrogens with zero attached hydrogens (tertiary/aromatic N) is 4. The SMILES string of the molecule is Cc1ccnc(-n2c(C)cc([C@H]3[C@H](c4ccccn4)NC(=S)N3c3ccc(Oc4ccccc4)cc3)c2C)c1. The lowest BCUT2D eigenvalue weighted by atomic mass is 9.96. The maximum Gasteiger partial charge on any atom is 0.174 e. The zero-order valence-corrected chi connectivity index (χ0v) is 22.9. The average molecular weight is 532 g/mol. The number of anilines is 1. The summed E-state index contributed by atoms with van der Waals surface area (Å²) in [4.78, 5) is 11.6. The predicted molar refractivity (Wildman–Crippen MR) is 159 cm³/mol. The largest absolute Gasteiger partial charge is 0.457 e. The van der Waals surface area contributed by atoms with Crippen molar-refractivity contribution < 1.29 is 4.74 Å². The van der Waals surface area contributed by atoms with E-state index in [4.69, 9.17) is 21.9 Å². The average Bonchev–Trinajstić information content (AvgIpc) is 3.45. The van der Waals surface area contributed by atoms with Crippen LogP contribution in [0, 0.1) is 20.8 Å². The van der Waals surface area contributed by atoms with E-state index in [0.29, 0.717) is 5.11 Å². The van der Waals surface area contributed by atoms with Crippen LogP contribution in [0.15, 0.2) is 103 Å². The lowest BCUT2D eigenvalue weighted by Crippen LogP contribution is -2.29. The fraction of sp³-hybridized carbons (Fsp3) is 0.156. The molecule has 0 amide bonds. The monoisotopic (exact) mass is 531 g/mol. The van der Waals surface area contributed by atoms with Gasteiger partial charge in [0.2, 0.25) is 0 Å². The first-order chi connectivity index (χ1) is 19.0. The minimum atomic E-state index is -0.127. The summed E-state index contributed by atoms with van der Waals surface area (Å²) in [6.07, 6.45) is 3.69. The molecular formula is C32H29N5OS. The number of para-hydroxylation sites is 1. The van der Waals surface area contributed by atoms with Crippen LogP contribution in [-0.4, -0.2) is 19.6 Å². The minimum Gasteiger partial charge on any atom is -0.457 e. The number of ether oxygens (including phenoxy) is 1. The summed E-state index contributed by atoms with van der Waals surface area (Å²) in [5, 5.41) is 4.22. The summed E-state index contributed by atoms with van der Waals surface area (Å²) in [5.41, 5.74) is 6.50. The molecule has 1 aliphatic heterocycles. The van der Waals surface area contributed by atoms with Crippen molar-refractivity contribution in [2.24, 2.45) is 0 Å². The van der Waals surface area contributed by atoms with Crippen molar-refractivity contribution in [1.29, 1.82) is 0 Å². The number of rotatable bonds is 6. The summed E-state index contributed by atoms with van der Waals surface area (Å²) in [6.45, 7) is 6.36. The van der Waals surface area contributed by atoms with Gasteiger partial charge in [-0.25, -0.2) is 4.98 Å². The first-order valence-electron chi connectivity index (χ1n) is 12.9. The van der Waals surface area contributed by atoms with Crippen molar-refractivity contribution >= 4 is 23.0 Å². The van der Waals surface area contributed by atoms with E-state index >= 15 is 0 Å². The number of nitrogens with one attached hydrogen (secondary N) is 1. The van der Waals surface area contributed by atoms with Crippen LogP contribution in [-0.2, 0) is 0 Å². The Balaban J connectivity index is 1.42. The molecule has 6 rings (SSSR count). The Morgan fingerprint density at radius 2 is 1.54 bits per heavy atom. The minimum absolute atomic E-state index is 0.113. The third-order valence-electron chi connectivity index (χ3n) is 7.11. The van der Waals surface area contributed by atoms with Crippen LogP contribution >= 0.6 is 12.2 Å². The zero-order chi connectivity index (χ0) is 26.9. The van der Waals surface area contributed by atoms with Gasteiger partial charge in [-0.1, -0.05) is 24.3 Å². The van der Waals surface area contributed by atoms with E-state index in [1.165, 1.54) is 11.1 Å². The second kappa shape index (κ2) is 10.3. The van der Waals surface area contributed by atoms with E-state index in [0.717, 1.165) is 40.1 Å². The lowest BCUT2D eigenvalue weighted by molar-refractivity contribution is 0.482. The highest BCUT2D eigenvalue weighted by Crippen LogP contribution is 2.44. The van der Waals surface area contributed by atoms with Crippen molar-refractivity contribution in [2.45, 2.75) is 32.9 Å². The van der Waals surface area contributed by atoms with Gasteiger partial charge in [0.1, 0.15) is 17.3 Å². The van der Waals surface area contributed by atoms with Crippen LogP contribution in [0.4, 0.5) is 5.69 Å². The molecule has 1 N–H and O–H groups in total. The number of hydrogen-bond donors (Lipinski definition) is 1. The standard InChI is InChI=1S/C32H29N5OS/c1-21-16-18-34-29(19-21)36-22(2)20-27(23(36)3)31-30(28-11-7-8-17-33-28)35-32(39)37(31)24-12-14-26(15-13-24)38-25-9-5-4-6-10-25/h4-20,30-31H,1-3H3,(H,35,39)/t30-,31-/m0/s1. The molecule has 0 unspecified atom stereocenters. The number of pyridine rings is 2. The molecule has 1 aliphatic rings. The van der Waals surface area contributed by atoms with E-state index in [2.05, 4.69) is 70.9 Å². The van der Waals surface area contributed by atoms with Gasteiger partial charge < -0.3 is 19.5 Å². The third kappa shape index (κ3) is 4.77. The topological polar surface area (TPSA) is 55.2 Å². The third-order valence-corrected chi connectivity index (χ3v) is 7.43. The molecule has 2 aromatic carbocycles. The predicted octanol–water partition coefficient (Wildman–Crippen LogP) is 7.16. The molecule has 194 valence electrons. The lowest BCUT2D eigenvalue weighted by Gasteiger charge is -2.28. The summed E-state index contributed by atoms with van der Waals surface area (Å²) in [6, 6.07) is 30.0. The van der Waals surface area contributed by atoms with Crippen LogP contribution in [0.3, 0.4) is 0 Å². The van der Waals surface area contributed by atoms with Crippen LogP contribution in [0.25, 0.3) is 5.82 Å². The van der Waals surface area contributed by atoms with Crippen LogP contribution in [0.5, 0.6) is 11.5 Å². The van der Waals surface area contributed by atoms with Gasteiger partial charge in [-0.05, 0) is 111 Å². The maximum atomic E-state index is 6.03. The quantitative estimate of drug-likeness (QED) is 0.235. The molecule has 0 saturated carbocycles.